The summed E-state index contributed by atoms with van der Waals surface area (Å²) in [7, 11) is 0. The van der Waals surface area contributed by atoms with Crippen molar-refractivity contribution in [3.63, 3.8) is 0 Å². The minimum Gasteiger partial charge on any atom is -0.316 e. The van der Waals surface area contributed by atoms with Gasteiger partial charge in [-0.25, -0.2) is 0 Å². The van der Waals surface area contributed by atoms with Gasteiger partial charge in [-0.1, -0.05) is 0 Å². The quantitative estimate of drug-likeness (QED) is 0.567. The Labute approximate surface area is 82.0 Å². The smallest absolute Gasteiger partial charge is 0.109 e. The maximum Gasteiger partial charge on any atom is 0.109 e. The van der Waals surface area contributed by atoms with Crippen LogP contribution >= 0.6 is 23.0 Å². The van der Waals surface area contributed by atoms with Crippen molar-refractivity contribution in [2.45, 2.75) is 12.8 Å². The predicted octanol–water partition coefficient (Wildman–Crippen LogP) is 1.69. The van der Waals surface area contributed by atoms with Crippen LogP contribution < -0.4 is 0 Å². The Bertz CT molecular complexity index is 132. The molecular weight excluding hydrogens is 253 g/mol. The molecule has 1 heterocycles. The lowest BCUT2D eigenvalue weighted by atomic mass is 10.4. The molecule has 1 saturated carbocycles. The third kappa shape index (κ3) is 2.06. The Morgan fingerprint density at radius 3 is 2.73 bits per heavy atom. The van der Waals surface area contributed by atoms with E-state index in [-0.39, 0.29) is 0 Å². The van der Waals surface area contributed by atoms with Crippen molar-refractivity contribution >= 4 is 23.0 Å². The van der Waals surface area contributed by atoms with Gasteiger partial charge in [0.05, 0.1) is 6.61 Å². The molecule has 3 heteroatoms. The zero-order chi connectivity index (χ0) is 7.68. The molecule has 2 atom stereocenters. The highest BCUT2D eigenvalue weighted by atomic mass is 127. The van der Waals surface area contributed by atoms with Gasteiger partial charge < -0.3 is 7.97 Å². The van der Waals surface area contributed by atoms with Crippen molar-refractivity contribution in [1.29, 1.82) is 0 Å². The Kier molecular flexibility index (Phi) is 2.69. The monoisotopic (exact) mass is 267 g/mol. The minimum atomic E-state index is 0.909. The summed E-state index contributed by atoms with van der Waals surface area (Å²) in [6.07, 6.45) is 2.71. The average Bonchev–Trinajstić information content (AvgIpc) is 2.61. The lowest BCUT2D eigenvalue weighted by molar-refractivity contribution is 0.277. The average molecular weight is 267 g/mol. The topological polar surface area (TPSA) is 12.5 Å². The van der Waals surface area contributed by atoms with Crippen LogP contribution in [-0.2, 0) is 3.07 Å². The van der Waals surface area contributed by atoms with Crippen LogP contribution in [0.5, 0.6) is 0 Å². The molecule has 1 aliphatic heterocycles. The van der Waals surface area contributed by atoms with Crippen molar-refractivity contribution < 1.29 is 3.07 Å². The molecule has 2 unspecified atom stereocenters. The minimum absolute atomic E-state index is 0.909. The Balaban J connectivity index is 1.57. The van der Waals surface area contributed by atoms with E-state index in [0.717, 1.165) is 18.4 Å². The van der Waals surface area contributed by atoms with E-state index >= 15 is 0 Å². The van der Waals surface area contributed by atoms with Crippen LogP contribution in [0.25, 0.3) is 0 Å². The van der Waals surface area contributed by atoms with E-state index in [1.807, 2.05) is 23.0 Å². The summed E-state index contributed by atoms with van der Waals surface area (Å²) in [5.41, 5.74) is 0. The van der Waals surface area contributed by atoms with Gasteiger partial charge in [0, 0.05) is 19.6 Å². The first-order valence-electron chi connectivity index (χ1n) is 4.36. The lowest BCUT2D eigenvalue weighted by Gasteiger charge is -2.15. The van der Waals surface area contributed by atoms with E-state index in [4.69, 9.17) is 3.07 Å². The number of piperidine rings is 1. The standard InChI is InChI=1S/C8H14INO/c9-11-3-1-2-10-5-7-4-8(7)6-10/h7-8H,1-6H2. The van der Waals surface area contributed by atoms with Gasteiger partial charge in [0.15, 0.2) is 0 Å². The maximum atomic E-state index is 4.98. The van der Waals surface area contributed by atoms with Crippen molar-refractivity contribution in [1.82, 2.24) is 4.90 Å². The molecule has 0 radical (unpaired) electrons. The third-order valence-electron chi connectivity index (χ3n) is 2.75. The number of likely N-dealkylation sites (tertiary alicyclic amines) is 1. The molecule has 0 bridgehead atoms. The van der Waals surface area contributed by atoms with E-state index in [9.17, 15) is 0 Å². The highest BCUT2D eigenvalue weighted by Gasteiger charge is 2.44. The highest BCUT2D eigenvalue weighted by molar-refractivity contribution is 14.1. The Morgan fingerprint density at radius 1 is 1.36 bits per heavy atom. The summed E-state index contributed by atoms with van der Waals surface area (Å²) in [5, 5.41) is 0. The molecule has 0 aromatic heterocycles. The second-order valence-corrected chi connectivity index (χ2v) is 4.31. The van der Waals surface area contributed by atoms with Crippen molar-refractivity contribution in [2.75, 3.05) is 26.2 Å². The summed E-state index contributed by atoms with van der Waals surface area (Å²) in [6, 6.07) is 0. The third-order valence-corrected chi connectivity index (χ3v) is 3.19. The molecule has 2 fully saturated rings. The van der Waals surface area contributed by atoms with Gasteiger partial charge in [0.25, 0.3) is 0 Å². The zero-order valence-electron chi connectivity index (χ0n) is 6.63. The van der Waals surface area contributed by atoms with Gasteiger partial charge in [-0.15, -0.1) is 0 Å². The second-order valence-electron chi connectivity index (χ2n) is 3.68. The molecule has 1 saturated heterocycles. The first kappa shape index (κ1) is 8.26. The molecule has 0 spiro atoms. The SMILES string of the molecule is IOCCCN1CC2CC2C1. The predicted molar refractivity (Wildman–Crippen MR) is 52.6 cm³/mol. The first-order valence-corrected chi connectivity index (χ1v) is 5.24. The summed E-state index contributed by atoms with van der Waals surface area (Å²) < 4.78 is 4.98. The zero-order valence-corrected chi connectivity index (χ0v) is 8.79. The fraction of sp³-hybridized carbons (Fsp3) is 1.00. The van der Waals surface area contributed by atoms with Crippen LogP contribution in [0.15, 0.2) is 0 Å². The van der Waals surface area contributed by atoms with Crippen LogP contribution in [0.4, 0.5) is 0 Å². The van der Waals surface area contributed by atoms with Crippen LogP contribution in [0, 0.1) is 11.8 Å². The Morgan fingerprint density at radius 2 is 2.09 bits per heavy atom. The summed E-state index contributed by atoms with van der Waals surface area (Å²) in [4.78, 5) is 2.58. The molecule has 2 aliphatic rings. The van der Waals surface area contributed by atoms with Crippen LogP contribution in [0.2, 0.25) is 0 Å². The van der Waals surface area contributed by atoms with Gasteiger partial charge in [0.2, 0.25) is 0 Å². The number of rotatable bonds is 4. The maximum absolute atomic E-state index is 4.98. The van der Waals surface area contributed by atoms with E-state index in [1.165, 1.54) is 32.5 Å². The van der Waals surface area contributed by atoms with Crippen molar-refractivity contribution in [3.05, 3.63) is 0 Å². The number of fused-ring (bicyclic) bond motifs is 1. The van der Waals surface area contributed by atoms with Crippen LogP contribution in [-0.4, -0.2) is 31.1 Å². The number of halogens is 1. The molecule has 2 rings (SSSR count). The summed E-state index contributed by atoms with van der Waals surface area (Å²) >= 11 is 1.97. The Hall–Kier alpha value is 0.650. The first-order chi connectivity index (χ1) is 5.40. The van der Waals surface area contributed by atoms with Gasteiger partial charge in [-0.05, 0) is 24.7 Å². The van der Waals surface area contributed by atoms with Gasteiger partial charge >= 0.3 is 0 Å². The summed E-state index contributed by atoms with van der Waals surface area (Å²) in [5.74, 6) is 2.16. The lowest BCUT2D eigenvalue weighted by Crippen LogP contribution is -2.24. The largest absolute Gasteiger partial charge is 0.316 e. The molecule has 0 aromatic rings. The highest BCUT2D eigenvalue weighted by Crippen LogP contribution is 2.44. The molecule has 1 aliphatic carbocycles. The number of hydrogen-bond acceptors (Lipinski definition) is 2. The van der Waals surface area contributed by atoms with Gasteiger partial charge in [-0.2, -0.15) is 0 Å². The van der Waals surface area contributed by atoms with E-state index < -0.39 is 0 Å². The molecule has 0 N–H and O–H groups in total. The fourth-order valence-corrected chi connectivity index (χ4v) is 2.33. The second kappa shape index (κ2) is 3.58. The molecule has 64 valence electrons. The summed E-state index contributed by atoms with van der Waals surface area (Å²) in [6.45, 7) is 4.89. The van der Waals surface area contributed by atoms with Crippen LogP contribution in [0.3, 0.4) is 0 Å². The number of hydrogen-bond donors (Lipinski definition) is 0. The number of nitrogens with zero attached hydrogens (tertiary/aromatic N) is 1. The van der Waals surface area contributed by atoms with Crippen molar-refractivity contribution in [2.24, 2.45) is 11.8 Å². The van der Waals surface area contributed by atoms with Gasteiger partial charge in [0.1, 0.15) is 23.0 Å². The van der Waals surface area contributed by atoms with Gasteiger partial charge in [-0.3, -0.25) is 0 Å². The molecule has 11 heavy (non-hydrogen) atoms. The molecule has 0 amide bonds. The molecular formula is C8H14INO. The molecule has 0 aromatic carbocycles. The van der Waals surface area contributed by atoms with Crippen molar-refractivity contribution in [3.8, 4) is 0 Å². The van der Waals surface area contributed by atoms with E-state index in [1.54, 1.807) is 0 Å². The molecule has 2 nitrogen and oxygen atoms in total. The van der Waals surface area contributed by atoms with E-state index in [2.05, 4.69) is 4.90 Å². The van der Waals surface area contributed by atoms with Crippen LogP contribution in [0.1, 0.15) is 12.8 Å². The normalized spacial score (nSPS) is 35.7. The fourth-order valence-electron chi connectivity index (χ4n) is 2.02. The van der Waals surface area contributed by atoms with E-state index in [0.29, 0.717) is 0 Å².